The number of benzene rings is 2. The normalized spacial score (nSPS) is 19.1. The third-order valence-electron chi connectivity index (χ3n) is 5.79. The van der Waals surface area contributed by atoms with E-state index in [9.17, 15) is 13.2 Å². The summed E-state index contributed by atoms with van der Waals surface area (Å²) < 4.78 is 38.2. The maximum absolute atomic E-state index is 12.7. The topological polar surface area (TPSA) is 76.2 Å². The first-order valence-electron chi connectivity index (χ1n) is 10.7. The minimum Gasteiger partial charge on any atom is -0.496 e. The van der Waals surface area contributed by atoms with Gasteiger partial charge < -0.3 is 14.4 Å². The highest BCUT2D eigenvalue weighted by Gasteiger charge is 2.28. The summed E-state index contributed by atoms with van der Waals surface area (Å²) in [6.07, 6.45) is 4.21. The summed E-state index contributed by atoms with van der Waals surface area (Å²) in [6, 6.07) is 13.0. The molecule has 1 saturated heterocycles. The van der Waals surface area contributed by atoms with Crippen molar-refractivity contribution in [3.05, 3.63) is 65.2 Å². The van der Waals surface area contributed by atoms with Crippen LogP contribution in [0.4, 0.5) is 0 Å². The molecule has 1 unspecified atom stereocenters. The molecule has 4 rings (SSSR count). The molecule has 1 amide bonds. The van der Waals surface area contributed by atoms with Gasteiger partial charge in [0.05, 0.1) is 12.9 Å². The summed E-state index contributed by atoms with van der Waals surface area (Å²) >= 11 is 0. The molecule has 2 heterocycles. The zero-order valence-corrected chi connectivity index (χ0v) is 19.2. The van der Waals surface area contributed by atoms with Crippen LogP contribution in [0.2, 0.25) is 0 Å². The van der Waals surface area contributed by atoms with Crippen LogP contribution in [-0.2, 0) is 27.0 Å². The van der Waals surface area contributed by atoms with E-state index < -0.39 is 10.0 Å². The quantitative estimate of drug-likeness (QED) is 0.625. The van der Waals surface area contributed by atoms with Crippen LogP contribution < -0.4 is 9.47 Å². The van der Waals surface area contributed by atoms with Crippen LogP contribution in [0.1, 0.15) is 23.6 Å². The minimum absolute atomic E-state index is 0.0273. The van der Waals surface area contributed by atoms with E-state index in [2.05, 4.69) is 0 Å². The number of carbonyl (C=O) groups excluding carboxylic acids is 1. The van der Waals surface area contributed by atoms with Gasteiger partial charge in [-0.05, 0) is 30.7 Å². The lowest BCUT2D eigenvalue weighted by Crippen LogP contribution is -2.50. The molecule has 0 aliphatic carbocycles. The smallest absolute Gasteiger partial charge is 0.246 e. The predicted molar refractivity (Wildman–Crippen MR) is 123 cm³/mol. The number of methoxy groups -OCH3 is 1. The Kier molecular flexibility index (Phi) is 6.53. The fraction of sp³-hybridized carbons (Fsp3) is 0.375. The van der Waals surface area contributed by atoms with Gasteiger partial charge in [0, 0.05) is 49.8 Å². The lowest BCUT2D eigenvalue weighted by Gasteiger charge is -2.33. The molecule has 2 aliphatic rings. The van der Waals surface area contributed by atoms with E-state index in [1.807, 2.05) is 37.3 Å². The van der Waals surface area contributed by atoms with Gasteiger partial charge in [0.1, 0.15) is 17.6 Å². The lowest BCUT2D eigenvalue weighted by molar-refractivity contribution is -0.127. The second-order valence-corrected chi connectivity index (χ2v) is 10.1. The highest BCUT2D eigenvalue weighted by molar-refractivity contribution is 7.88. The molecule has 170 valence electrons. The van der Waals surface area contributed by atoms with E-state index in [1.54, 1.807) is 30.2 Å². The van der Waals surface area contributed by atoms with Crippen molar-refractivity contribution in [2.45, 2.75) is 25.2 Å². The van der Waals surface area contributed by atoms with Gasteiger partial charge in [-0.2, -0.15) is 4.31 Å². The van der Waals surface area contributed by atoms with Crippen molar-refractivity contribution in [3.63, 3.8) is 0 Å². The Morgan fingerprint density at radius 3 is 2.56 bits per heavy atom. The number of hydrogen-bond donors (Lipinski definition) is 0. The molecule has 2 aliphatic heterocycles. The van der Waals surface area contributed by atoms with Gasteiger partial charge in [-0.25, -0.2) is 8.42 Å². The van der Waals surface area contributed by atoms with Crippen molar-refractivity contribution >= 4 is 22.0 Å². The first kappa shape index (κ1) is 22.4. The number of piperazine rings is 1. The molecule has 0 saturated carbocycles. The van der Waals surface area contributed by atoms with Crippen molar-refractivity contribution in [1.29, 1.82) is 0 Å². The lowest BCUT2D eigenvalue weighted by atomic mass is 10.1. The van der Waals surface area contributed by atoms with Crippen LogP contribution in [0.25, 0.3) is 6.08 Å². The Morgan fingerprint density at radius 1 is 1.16 bits per heavy atom. The molecule has 1 atom stereocenters. The largest absolute Gasteiger partial charge is 0.496 e. The summed E-state index contributed by atoms with van der Waals surface area (Å²) in [4.78, 5) is 14.4. The standard InChI is InChI=1S/C24H28N2O5S/c1-18-14-21-16-22(30-2)20(15-23(21)31-18)8-9-24(27)25-10-12-26(13-11-25)32(28,29)17-19-6-4-3-5-7-19/h3-9,15-16,18H,10-14,17H2,1-2H3/b9-8+. The second-order valence-electron chi connectivity index (χ2n) is 8.13. The number of rotatable bonds is 6. The molecule has 1 fully saturated rings. The minimum atomic E-state index is -3.41. The summed E-state index contributed by atoms with van der Waals surface area (Å²) in [6.45, 7) is 3.33. The molecule has 8 heteroatoms. The highest BCUT2D eigenvalue weighted by atomic mass is 32.2. The van der Waals surface area contributed by atoms with Gasteiger partial charge in [0.25, 0.3) is 0 Å². The third kappa shape index (κ3) is 4.97. The Morgan fingerprint density at radius 2 is 1.88 bits per heavy atom. The van der Waals surface area contributed by atoms with Crippen LogP contribution in [-0.4, -0.2) is 62.9 Å². The van der Waals surface area contributed by atoms with Crippen molar-refractivity contribution in [3.8, 4) is 11.5 Å². The number of carbonyl (C=O) groups is 1. The van der Waals surface area contributed by atoms with Crippen molar-refractivity contribution < 1.29 is 22.7 Å². The molecule has 0 aromatic heterocycles. The Labute approximate surface area is 189 Å². The van der Waals surface area contributed by atoms with Gasteiger partial charge in [-0.3, -0.25) is 4.79 Å². The maximum atomic E-state index is 12.7. The maximum Gasteiger partial charge on any atom is 0.246 e. The van der Waals surface area contributed by atoms with E-state index in [0.29, 0.717) is 31.9 Å². The van der Waals surface area contributed by atoms with Crippen LogP contribution >= 0.6 is 0 Å². The van der Waals surface area contributed by atoms with Crippen LogP contribution in [0.5, 0.6) is 11.5 Å². The van der Waals surface area contributed by atoms with Gasteiger partial charge in [0.2, 0.25) is 15.9 Å². The number of fused-ring (bicyclic) bond motifs is 1. The molecule has 0 bridgehead atoms. The zero-order chi connectivity index (χ0) is 22.7. The van der Waals surface area contributed by atoms with E-state index in [4.69, 9.17) is 9.47 Å². The van der Waals surface area contributed by atoms with Gasteiger partial charge in [0.15, 0.2) is 0 Å². The molecular weight excluding hydrogens is 428 g/mol. The number of hydrogen-bond acceptors (Lipinski definition) is 5. The molecule has 2 aromatic carbocycles. The zero-order valence-electron chi connectivity index (χ0n) is 18.4. The fourth-order valence-electron chi connectivity index (χ4n) is 4.09. The fourth-order valence-corrected chi connectivity index (χ4v) is 5.61. The first-order chi connectivity index (χ1) is 15.4. The average molecular weight is 457 g/mol. The van der Waals surface area contributed by atoms with Crippen molar-refractivity contribution in [2.24, 2.45) is 0 Å². The summed E-state index contributed by atoms with van der Waals surface area (Å²) in [7, 11) is -1.81. The molecule has 2 aromatic rings. The van der Waals surface area contributed by atoms with Gasteiger partial charge in [-0.1, -0.05) is 30.3 Å². The van der Waals surface area contributed by atoms with E-state index in [0.717, 1.165) is 28.9 Å². The molecule has 7 nitrogen and oxygen atoms in total. The van der Waals surface area contributed by atoms with Crippen molar-refractivity contribution in [2.75, 3.05) is 33.3 Å². The molecule has 32 heavy (non-hydrogen) atoms. The summed E-state index contributed by atoms with van der Waals surface area (Å²) in [5.74, 6) is 1.34. The average Bonchev–Trinajstić information content (AvgIpc) is 3.16. The highest BCUT2D eigenvalue weighted by Crippen LogP contribution is 2.35. The van der Waals surface area contributed by atoms with Crippen molar-refractivity contribution in [1.82, 2.24) is 9.21 Å². The molecule has 0 radical (unpaired) electrons. The number of ether oxygens (including phenoxy) is 2. The summed E-state index contributed by atoms with van der Waals surface area (Å²) in [5.41, 5.74) is 2.64. The number of sulfonamides is 1. The van der Waals surface area contributed by atoms with Gasteiger partial charge >= 0.3 is 0 Å². The number of amides is 1. The van der Waals surface area contributed by atoms with E-state index in [-0.39, 0.29) is 17.8 Å². The predicted octanol–water partition coefficient (Wildman–Crippen LogP) is 2.71. The van der Waals surface area contributed by atoms with E-state index >= 15 is 0 Å². The van der Waals surface area contributed by atoms with Crippen LogP contribution in [0, 0.1) is 0 Å². The SMILES string of the molecule is COc1cc2c(cc1/C=C/C(=O)N1CCN(S(=O)(=O)Cc3ccccc3)CC1)OC(C)C2. The Bertz CT molecular complexity index is 1110. The molecular formula is C24H28N2O5S. The van der Waals surface area contributed by atoms with Gasteiger partial charge in [-0.15, -0.1) is 0 Å². The first-order valence-corrected chi connectivity index (χ1v) is 12.3. The third-order valence-corrected chi connectivity index (χ3v) is 7.64. The second kappa shape index (κ2) is 9.34. The Balaban J connectivity index is 1.37. The van der Waals surface area contributed by atoms with Crippen LogP contribution in [0.15, 0.2) is 48.5 Å². The van der Waals surface area contributed by atoms with Crippen LogP contribution in [0.3, 0.4) is 0 Å². The van der Waals surface area contributed by atoms with E-state index in [1.165, 1.54) is 10.4 Å². The Hall–Kier alpha value is -2.84. The monoisotopic (exact) mass is 456 g/mol. The summed E-state index contributed by atoms with van der Waals surface area (Å²) in [5, 5.41) is 0. The molecule has 0 spiro atoms. The number of nitrogens with zero attached hydrogens (tertiary/aromatic N) is 2. The molecule has 0 N–H and O–H groups in total.